The molecule has 0 spiro atoms. The summed E-state index contributed by atoms with van der Waals surface area (Å²) in [6, 6.07) is 8.66. The zero-order valence-electron chi connectivity index (χ0n) is 11.3. The highest BCUT2D eigenvalue weighted by Gasteiger charge is 2.49. The van der Waals surface area contributed by atoms with Gasteiger partial charge in [0.05, 0.1) is 13.2 Å². The second-order valence-corrected chi connectivity index (χ2v) is 6.01. The summed E-state index contributed by atoms with van der Waals surface area (Å²) in [6.07, 6.45) is 1.27. The first-order valence-electron chi connectivity index (χ1n) is 7.17. The lowest BCUT2D eigenvalue weighted by Gasteiger charge is -2.46. The third-order valence-electron chi connectivity index (χ3n) is 4.95. The van der Waals surface area contributed by atoms with Crippen LogP contribution in [0.1, 0.15) is 17.7 Å². The van der Waals surface area contributed by atoms with E-state index in [0.29, 0.717) is 5.92 Å². The van der Waals surface area contributed by atoms with Gasteiger partial charge in [0.1, 0.15) is 0 Å². The maximum atomic E-state index is 5.64. The normalized spacial score (nSPS) is 25.6. The molecule has 0 bridgehead atoms. The molecule has 1 aromatic heterocycles. The van der Waals surface area contributed by atoms with Crippen molar-refractivity contribution in [2.75, 3.05) is 26.3 Å². The lowest BCUT2D eigenvalue weighted by molar-refractivity contribution is -0.0864. The van der Waals surface area contributed by atoms with Crippen molar-refractivity contribution in [1.29, 1.82) is 0 Å². The molecule has 0 saturated carbocycles. The predicted octanol–water partition coefficient (Wildman–Crippen LogP) is 2.35. The molecule has 4 rings (SSSR count). The van der Waals surface area contributed by atoms with Crippen molar-refractivity contribution in [2.24, 2.45) is 5.92 Å². The maximum Gasteiger partial charge on any atom is 0.0589 e. The Morgan fingerprint density at radius 3 is 2.79 bits per heavy atom. The van der Waals surface area contributed by atoms with Crippen LogP contribution in [0.15, 0.2) is 24.3 Å². The fourth-order valence-corrected chi connectivity index (χ4v) is 3.95. The molecule has 1 unspecified atom stereocenters. The van der Waals surface area contributed by atoms with Crippen LogP contribution in [-0.2, 0) is 10.2 Å². The van der Waals surface area contributed by atoms with E-state index in [1.165, 1.54) is 28.6 Å². The number of hydrogen-bond donors (Lipinski definition) is 2. The van der Waals surface area contributed by atoms with Crippen molar-refractivity contribution >= 4 is 10.9 Å². The van der Waals surface area contributed by atoms with Crippen LogP contribution >= 0.6 is 0 Å². The van der Waals surface area contributed by atoms with Crippen molar-refractivity contribution in [1.82, 2.24) is 10.3 Å². The summed E-state index contributed by atoms with van der Waals surface area (Å²) in [5, 5.41) is 4.89. The Morgan fingerprint density at radius 1 is 1.26 bits per heavy atom. The molecule has 0 amide bonds. The van der Waals surface area contributed by atoms with Crippen LogP contribution < -0.4 is 5.32 Å². The summed E-state index contributed by atoms with van der Waals surface area (Å²) in [4.78, 5) is 3.55. The second kappa shape index (κ2) is 4.09. The van der Waals surface area contributed by atoms with Crippen LogP contribution in [0.5, 0.6) is 0 Å². The van der Waals surface area contributed by atoms with Crippen LogP contribution in [-0.4, -0.2) is 31.3 Å². The Morgan fingerprint density at radius 2 is 2.11 bits per heavy atom. The summed E-state index contributed by atoms with van der Waals surface area (Å²) in [5.74, 6) is 0.708. The Labute approximate surface area is 113 Å². The molecule has 3 heterocycles. The molecule has 0 radical (unpaired) electrons. The van der Waals surface area contributed by atoms with Crippen molar-refractivity contribution in [2.45, 2.75) is 18.8 Å². The van der Waals surface area contributed by atoms with Crippen LogP contribution in [0.25, 0.3) is 10.9 Å². The van der Waals surface area contributed by atoms with E-state index in [9.17, 15) is 0 Å². The number of fused-ring (bicyclic) bond motifs is 1. The zero-order chi connectivity index (χ0) is 12.9. The van der Waals surface area contributed by atoms with E-state index in [2.05, 4.69) is 41.5 Å². The topological polar surface area (TPSA) is 37.0 Å². The summed E-state index contributed by atoms with van der Waals surface area (Å²) < 4.78 is 5.64. The van der Waals surface area contributed by atoms with Gasteiger partial charge in [-0.05, 0) is 44.0 Å². The quantitative estimate of drug-likeness (QED) is 0.865. The molecular weight excluding hydrogens is 236 g/mol. The number of H-pyrrole nitrogens is 1. The number of benzene rings is 1. The zero-order valence-corrected chi connectivity index (χ0v) is 11.3. The average molecular weight is 256 g/mol. The van der Waals surface area contributed by atoms with E-state index in [0.717, 1.165) is 26.3 Å². The third-order valence-corrected chi connectivity index (χ3v) is 4.95. The molecule has 3 heteroatoms. The predicted molar refractivity (Wildman–Crippen MR) is 76.5 cm³/mol. The molecule has 2 aromatic rings. The number of aryl methyl sites for hydroxylation is 1. The van der Waals surface area contributed by atoms with Crippen molar-refractivity contribution < 1.29 is 4.74 Å². The van der Waals surface area contributed by atoms with Crippen molar-refractivity contribution in [3.05, 3.63) is 35.5 Å². The highest BCUT2D eigenvalue weighted by molar-refractivity contribution is 5.86. The first-order valence-corrected chi connectivity index (χ1v) is 7.17. The monoisotopic (exact) mass is 256 g/mol. The Hall–Kier alpha value is -1.32. The molecule has 100 valence electrons. The third kappa shape index (κ3) is 1.52. The van der Waals surface area contributed by atoms with Crippen LogP contribution in [0.3, 0.4) is 0 Å². The molecular formula is C16H20N2O. The highest BCUT2D eigenvalue weighted by atomic mass is 16.5. The SMILES string of the molecule is Cc1[nH]c2ccccc2c1C1(C2CCNC2)COC1. The minimum Gasteiger partial charge on any atom is -0.379 e. The van der Waals surface area contributed by atoms with E-state index in [4.69, 9.17) is 4.74 Å². The first-order chi connectivity index (χ1) is 9.31. The Balaban J connectivity index is 1.90. The van der Waals surface area contributed by atoms with Gasteiger partial charge in [-0.25, -0.2) is 0 Å². The van der Waals surface area contributed by atoms with Crippen LogP contribution in [0, 0.1) is 12.8 Å². The van der Waals surface area contributed by atoms with E-state index < -0.39 is 0 Å². The lowest BCUT2D eigenvalue weighted by Crippen LogP contribution is -2.53. The number of aromatic amines is 1. The highest BCUT2D eigenvalue weighted by Crippen LogP contribution is 2.46. The fourth-order valence-electron chi connectivity index (χ4n) is 3.95. The summed E-state index contributed by atoms with van der Waals surface area (Å²) >= 11 is 0. The van der Waals surface area contributed by atoms with Gasteiger partial charge in [0.25, 0.3) is 0 Å². The average Bonchev–Trinajstić information content (AvgIpc) is 2.97. The van der Waals surface area contributed by atoms with Gasteiger partial charge in [-0.2, -0.15) is 0 Å². The second-order valence-electron chi connectivity index (χ2n) is 6.01. The number of nitrogens with one attached hydrogen (secondary N) is 2. The number of aromatic nitrogens is 1. The van der Waals surface area contributed by atoms with Gasteiger partial charge in [-0.3, -0.25) is 0 Å². The van der Waals surface area contributed by atoms with Gasteiger partial charge in [-0.15, -0.1) is 0 Å². The van der Waals surface area contributed by atoms with Crippen LogP contribution in [0.2, 0.25) is 0 Å². The molecule has 19 heavy (non-hydrogen) atoms. The molecule has 2 N–H and O–H groups in total. The van der Waals surface area contributed by atoms with Gasteiger partial charge < -0.3 is 15.0 Å². The van der Waals surface area contributed by atoms with E-state index in [-0.39, 0.29) is 5.41 Å². The molecule has 1 aromatic carbocycles. The molecule has 3 nitrogen and oxygen atoms in total. The summed E-state index contributed by atoms with van der Waals surface area (Å²) in [6.45, 7) is 6.23. The number of ether oxygens (including phenoxy) is 1. The van der Waals surface area contributed by atoms with E-state index in [1.807, 2.05) is 0 Å². The van der Waals surface area contributed by atoms with Crippen LogP contribution in [0.4, 0.5) is 0 Å². The van der Waals surface area contributed by atoms with Crippen molar-refractivity contribution in [3.8, 4) is 0 Å². The van der Waals surface area contributed by atoms with E-state index >= 15 is 0 Å². The largest absolute Gasteiger partial charge is 0.379 e. The standard InChI is InChI=1S/C16H20N2O/c1-11-15(13-4-2-3-5-14(13)18-11)16(9-19-10-16)12-6-7-17-8-12/h2-5,12,17-18H,6-10H2,1H3. The smallest absolute Gasteiger partial charge is 0.0589 e. The van der Waals surface area contributed by atoms with Gasteiger partial charge in [0.15, 0.2) is 0 Å². The fraction of sp³-hybridized carbons (Fsp3) is 0.500. The van der Waals surface area contributed by atoms with Gasteiger partial charge in [0, 0.05) is 22.0 Å². The molecule has 0 aliphatic carbocycles. The molecule has 2 aliphatic heterocycles. The Kier molecular flexibility index (Phi) is 2.47. The van der Waals surface area contributed by atoms with Gasteiger partial charge in [0.2, 0.25) is 0 Å². The van der Waals surface area contributed by atoms with Gasteiger partial charge >= 0.3 is 0 Å². The molecule has 2 fully saturated rings. The van der Waals surface area contributed by atoms with Gasteiger partial charge in [-0.1, -0.05) is 18.2 Å². The number of para-hydroxylation sites is 1. The number of rotatable bonds is 2. The molecule has 2 aliphatic rings. The first kappa shape index (κ1) is 11.5. The number of hydrogen-bond acceptors (Lipinski definition) is 2. The Bertz CT molecular complexity index is 606. The summed E-state index contributed by atoms with van der Waals surface area (Å²) in [5.41, 5.74) is 4.30. The minimum atomic E-state index is 0.229. The maximum absolute atomic E-state index is 5.64. The summed E-state index contributed by atoms with van der Waals surface area (Å²) in [7, 11) is 0. The minimum absolute atomic E-state index is 0.229. The van der Waals surface area contributed by atoms with E-state index in [1.54, 1.807) is 0 Å². The lowest BCUT2D eigenvalue weighted by atomic mass is 9.67. The molecule has 2 saturated heterocycles. The molecule has 1 atom stereocenters. The van der Waals surface area contributed by atoms with Crippen molar-refractivity contribution in [3.63, 3.8) is 0 Å².